The van der Waals surface area contributed by atoms with Gasteiger partial charge in [0.05, 0.1) is 11.2 Å². The highest BCUT2D eigenvalue weighted by Gasteiger charge is 2.35. The van der Waals surface area contributed by atoms with Crippen LogP contribution < -0.4 is 0 Å². The molecule has 1 aliphatic heterocycles. The van der Waals surface area contributed by atoms with Gasteiger partial charge in [0.25, 0.3) is 0 Å². The molecule has 3 nitrogen and oxygen atoms in total. The first-order chi connectivity index (χ1) is 9.73. The van der Waals surface area contributed by atoms with Crippen LogP contribution in [-0.2, 0) is 17.5 Å². The number of hydrogen-bond donors (Lipinski definition) is 1. The number of alkyl halides is 3. The van der Waals surface area contributed by atoms with Crippen molar-refractivity contribution in [2.24, 2.45) is 0 Å². The van der Waals surface area contributed by atoms with E-state index in [1.54, 1.807) is 7.11 Å². The van der Waals surface area contributed by atoms with Crippen molar-refractivity contribution in [2.75, 3.05) is 20.2 Å². The molecule has 0 amide bonds. The quantitative estimate of drug-likeness (QED) is 0.929. The highest BCUT2D eigenvalue weighted by Crippen LogP contribution is 2.36. The van der Waals surface area contributed by atoms with Crippen LogP contribution in [0, 0.1) is 0 Å². The fraction of sp³-hybridized carbons (Fsp3) is 0.600. The zero-order chi connectivity index (χ0) is 15.7. The average Bonchev–Trinajstić information content (AvgIpc) is 2.40. The average molecular weight is 303 g/mol. The van der Waals surface area contributed by atoms with Gasteiger partial charge >= 0.3 is 6.18 Å². The van der Waals surface area contributed by atoms with Crippen LogP contribution in [-0.4, -0.2) is 35.8 Å². The number of hydrogen-bond acceptors (Lipinski definition) is 3. The summed E-state index contributed by atoms with van der Waals surface area (Å²) in [5.41, 5.74) is -0.686. The van der Waals surface area contributed by atoms with Crippen LogP contribution >= 0.6 is 0 Å². The fourth-order valence-corrected chi connectivity index (χ4v) is 2.78. The third-order valence-electron chi connectivity index (χ3n) is 4.00. The van der Waals surface area contributed by atoms with Crippen molar-refractivity contribution in [1.29, 1.82) is 0 Å². The van der Waals surface area contributed by atoms with Crippen molar-refractivity contribution in [3.05, 3.63) is 29.3 Å². The molecular formula is C15H20F3NO2. The molecule has 21 heavy (non-hydrogen) atoms. The highest BCUT2D eigenvalue weighted by atomic mass is 19.4. The summed E-state index contributed by atoms with van der Waals surface area (Å²) in [5, 5.41) is 9.34. The molecule has 0 aliphatic carbocycles. The van der Waals surface area contributed by atoms with Crippen LogP contribution in [0.25, 0.3) is 0 Å². The smallest absolute Gasteiger partial charge is 0.419 e. The van der Waals surface area contributed by atoms with Gasteiger partial charge in [0.15, 0.2) is 0 Å². The van der Waals surface area contributed by atoms with E-state index in [-0.39, 0.29) is 5.60 Å². The summed E-state index contributed by atoms with van der Waals surface area (Å²) in [6.45, 7) is 3.95. The standard InChI is InChI=1S/C15H20F3NO2/c1-14(21-2)6-3-7-19(10-14)9-11-4-5-13(20)12(8-11)15(16,17)18/h4-5,8,20H,3,6-7,9-10H2,1-2H3. The van der Waals surface area contributed by atoms with Gasteiger partial charge in [-0.25, -0.2) is 0 Å². The second-order valence-corrected chi connectivity index (χ2v) is 5.82. The molecule has 0 radical (unpaired) electrons. The molecule has 1 N–H and O–H groups in total. The molecule has 1 saturated heterocycles. The van der Waals surface area contributed by atoms with Crippen LogP contribution in [0.15, 0.2) is 18.2 Å². The summed E-state index contributed by atoms with van der Waals surface area (Å²) in [4.78, 5) is 2.08. The van der Waals surface area contributed by atoms with Gasteiger partial charge in [-0.15, -0.1) is 0 Å². The Morgan fingerprint density at radius 3 is 2.71 bits per heavy atom. The number of piperidine rings is 1. The Bertz CT molecular complexity index is 504. The minimum absolute atomic E-state index is 0.248. The largest absolute Gasteiger partial charge is 0.507 e. The zero-order valence-electron chi connectivity index (χ0n) is 12.2. The second-order valence-electron chi connectivity index (χ2n) is 5.82. The number of phenols is 1. The molecule has 0 aromatic heterocycles. The summed E-state index contributed by atoms with van der Waals surface area (Å²) in [6, 6.07) is 3.66. The first kappa shape index (κ1) is 16.1. The SMILES string of the molecule is COC1(C)CCCN(Cc2ccc(O)c(C(F)(F)F)c2)C1. The number of benzene rings is 1. The van der Waals surface area contributed by atoms with E-state index in [0.29, 0.717) is 18.7 Å². The van der Waals surface area contributed by atoms with E-state index in [9.17, 15) is 18.3 Å². The number of aromatic hydroxyl groups is 1. The number of ether oxygens (including phenoxy) is 1. The maximum Gasteiger partial charge on any atom is 0.419 e. The number of likely N-dealkylation sites (tertiary alicyclic amines) is 1. The van der Waals surface area contributed by atoms with E-state index >= 15 is 0 Å². The molecule has 118 valence electrons. The van der Waals surface area contributed by atoms with Crippen molar-refractivity contribution in [1.82, 2.24) is 4.90 Å². The van der Waals surface area contributed by atoms with E-state index in [1.165, 1.54) is 6.07 Å². The molecule has 0 saturated carbocycles. The highest BCUT2D eigenvalue weighted by molar-refractivity contribution is 5.38. The molecule has 1 unspecified atom stereocenters. The first-order valence-electron chi connectivity index (χ1n) is 6.90. The molecule has 1 aromatic carbocycles. The number of phenolic OH excluding ortho intramolecular Hbond substituents is 1. The summed E-state index contributed by atoms with van der Waals surface area (Å²) >= 11 is 0. The third-order valence-corrected chi connectivity index (χ3v) is 4.00. The molecule has 6 heteroatoms. The molecule has 2 rings (SSSR count). The number of rotatable bonds is 3. The van der Waals surface area contributed by atoms with Crippen LogP contribution in [0.5, 0.6) is 5.75 Å². The van der Waals surface area contributed by atoms with Crippen LogP contribution in [0.3, 0.4) is 0 Å². The van der Waals surface area contributed by atoms with Crippen molar-refractivity contribution >= 4 is 0 Å². The molecule has 0 spiro atoms. The lowest BCUT2D eigenvalue weighted by molar-refractivity contribution is -0.138. The summed E-state index contributed by atoms with van der Waals surface area (Å²) in [6.07, 6.45) is -2.64. The maximum atomic E-state index is 12.8. The van der Waals surface area contributed by atoms with Gasteiger partial charge in [-0.05, 0) is 44.0 Å². The molecule has 0 bridgehead atoms. The Kier molecular flexibility index (Phi) is 4.49. The molecule has 1 fully saturated rings. The lowest BCUT2D eigenvalue weighted by atomic mass is 9.94. The summed E-state index contributed by atoms with van der Waals surface area (Å²) in [5.74, 6) is -0.730. The maximum absolute atomic E-state index is 12.8. The third kappa shape index (κ3) is 3.89. The van der Waals surface area contributed by atoms with Crippen LogP contribution in [0.4, 0.5) is 13.2 Å². The molecule has 1 atom stereocenters. The van der Waals surface area contributed by atoms with Crippen molar-refractivity contribution < 1.29 is 23.0 Å². The molecule has 1 heterocycles. The fourth-order valence-electron chi connectivity index (χ4n) is 2.78. The molecular weight excluding hydrogens is 283 g/mol. The monoisotopic (exact) mass is 303 g/mol. The van der Waals surface area contributed by atoms with Crippen molar-refractivity contribution in [3.8, 4) is 5.75 Å². The van der Waals surface area contributed by atoms with E-state index in [1.807, 2.05) is 6.92 Å². The normalized spacial score (nSPS) is 24.2. The van der Waals surface area contributed by atoms with Crippen LogP contribution in [0.1, 0.15) is 30.9 Å². The van der Waals surface area contributed by atoms with E-state index in [0.717, 1.165) is 31.5 Å². The molecule has 1 aliphatic rings. The van der Waals surface area contributed by atoms with Crippen molar-refractivity contribution in [3.63, 3.8) is 0 Å². The summed E-state index contributed by atoms with van der Waals surface area (Å²) in [7, 11) is 1.66. The topological polar surface area (TPSA) is 32.7 Å². The lowest BCUT2D eigenvalue weighted by Crippen LogP contribution is -2.46. The van der Waals surface area contributed by atoms with Gasteiger partial charge in [0.1, 0.15) is 5.75 Å². The zero-order valence-corrected chi connectivity index (χ0v) is 12.2. The number of nitrogens with zero attached hydrogens (tertiary/aromatic N) is 1. The summed E-state index contributed by atoms with van der Waals surface area (Å²) < 4.78 is 43.9. The van der Waals surface area contributed by atoms with E-state index < -0.39 is 17.5 Å². The van der Waals surface area contributed by atoms with Gasteiger partial charge in [0, 0.05) is 20.2 Å². The van der Waals surface area contributed by atoms with Gasteiger partial charge in [-0.3, -0.25) is 4.90 Å². The minimum Gasteiger partial charge on any atom is -0.507 e. The van der Waals surface area contributed by atoms with Gasteiger partial charge < -0.3 is 9.84 Å². The lowest BCUT2D eigenvalue weighted by Gasteiger charge is -2.39. The first-order valence-corrected chi connectivity index (χ1v) is 6.90. The van der Waals surface area contributed by atoms with Gasteiger partial charge in [-0.2, -0.15) is 13.2 Å². The van der Waals surface area contributed by atoms with Crippen molar-refractivity contribution in [2.45, 2.75) is 38.1 Å². The molecule has 1 aromatic rings. The minimum atomic E-state index is -4.54. The van der Waals surface area contributed by atoms with Gasteiger partial charge in [-0.1, -0.05) is 6.07 Å². The Morgan fingerprint density at radius 2 is 2.10 bits per heavy atom. The Balaban J connectivity index is 2.13. The van der Waals surface area contributed by atoms with E-state index in [2.05, 4.69) is 4.90 Å². The Morgan fingerprint density at radius 1 is 1.38 bits per heavy atom. The second kappa shape index (κ2) is 5.85. The Hall–Kier alpha value is -1.27. The Labute approximate surface area is 122 Å². The van der Waals surface area contributed by atoms with Crippen LogP contribution in [0.2, 0.25) is 0 Å². The number of methoxy groups -OCH3 is 1. The van der Waals surface area contributed by atoms with E-state index in [4.69, 9.17) is 4.74 Å². The predicted octanol–water partition coefficient (Wildman–Crippen LogP) is 3.41. The number of halogens is 3. The predicted molar refractivity (Wildman–Crippen MR) is 73.0 cm³/mol. The van der Waals surface area contributed by atoms with Gasteiger partial charge in [0.2, 0.25) is 0 Å².